The largest absolute Gasteiger partial charge is 0.434 e. The summed E-state index contributed by atoms with van der Waals surface area (Å²) in [7, 11) is 0. The number of rotatable bonds is 7. The molecule has 0 saturated carbocycles. The Kier molecular flexibility index (Phi) is 6.24. The first-order valence-electron chi connectivity index (χ1n) is 5.12. The summed E-state index contributed by atoms with van der Waals surface area (Å²) in [6, 6.07) is 3.93. The van der Waals surface area contributed by atoms with Crippen LogP contribution in [0.4, 0.5) is 17.6 Å². The van der Waals surface area contributed by atoms with Gasteiger partial charge in [0.15, 0.2) is 0 Å². The summed E-state index contributed by atoms with van der Waals surface area (Å²) >= 11 is 3.18. The molecule has 0 aliphatic heterocycles. The average molecular weight is 331 g/mol. The Labute approximate surface area is 110 Å². The number of hydrogen-bond donors (Lipinski definition) is 0. The average Bonchev–Trinajstić information content (AvgIpc) is 2.26. The second-order valence-electron chi connectivity index (χ2n) is 3.28. The van der Waals surface area contributed by atoms with Crippen LogP contribution in [0.3, 0.4) is 0 Å². The molecule has 0 spiro atoms. The molecule has 0 N–H and O–H groups in total. The minimum Gasteiger partial charge on any atom is -0.434 e. The van der Waals surface area contributed by atoms with E-state index in [0.717, 1.165) is 0 Å². The Morgan fingerprint density at radius 3 is 1.89 bits per heavy atom. The number of benzene rings is 1. The summed E-state index contributed by atoms with van der Waals surface area (Å²) in [5.74, 6) is -0.270. The summed E-state index contributed by atoms with van der Waals surface area (Å²) in [6.07, 6.45) is 0.888. The standard InChI is InChI=1S/C11H11BrF4O2/c12-6-2-3-7-8(17-10(13)14)4-1-5-9(7)18-11(15)16/h1,4-5,10-11H,2-3,6H2. The predicted octanol–water partition coefficient (Wildman–Crippen LogP) is 4.22. The maximum absolute atomic E-state index is 12.2. The van der Waals surface area contributed by atoms with Gasteiger partial charge in [0, 0.05) is 10.9 Å². The fourth-order valence-corrected chi connectivity index (χ4v) is 1.73. The molecular weight excluding hydrogens is 320 g/mol. The van der Waals surface area contributed by atoms with Crippen LogP contribution in [0.25, 0.3) is 0 Å². The summed E-state index contributed by atoms with van der Waals surface area (Å²) in [5, 5.41) is 0.615. The molecule has 1 rings (SSSR count). The topological polar surface area (TPSA) is 18.5 Å². The van der Waals surface area contributed by atoms with Crippen LogP contribution in [0.1, 0.15) is 12.0 Å². The van der Waals surface area contributed by atoms with Crippen LogP contribution < -0.4 is 9.47 Å². The summed E-state index contributed by atoms with van der Waals surface area (Å²) in [6.45, 7) is -6.01. The quantitative estimate of drug-likeness (QED) is 0.550. The maximum atomic E-state index is 12.2. The van der Waals surface area contributed by atoms with Crippen LogP contribution in [0, 0.1) is 0 Å². The number of hydrogen-bond acceptors (Lipinski definition) is 2. The molecule has 0 radical (unpaired) electrons. The zero-order valence-corrected chi connectivity index (χ0v) is 10.8. The highest BCUT2D eigenvalue weighted by molar-refractivity contribution is 9.09. The lowest BCUT2D eigenvalue weighted by atomic mass is 10.1. The van der Waals surface area contributed by atoms with Crippen molar-refractivity contribution >= 4 is 15.9 Å². The number of halogens is 5. The van der Waals surface area contributed by atoms with Crippen LogP contribution in [0.15, 0.2) is 18.2 Å². The van der Waals surface area contributed by atoms with E-state index in [4.69, 9.17) is 0 Å². The lowest BCUT2D eigenvalue weighted by molar-refractivity contribution is -0.0554. The van der Waals surface area contributed by atoms with E-state index in [-0.39, 0.29) is 17.1 Å². The Morgan fingerprint density at radius 1 is 1.00 bits per heavy atom. The summed E-state index contributed by atoms with van der Waals surface area (Å²) in [5.41, 5.74) is 0.220. The van der Waals surface area contributed by atoms with Gasteiger partial charge in [-0.1, -0.05) is 22.0 Å². The van der Waals surface area contributed by atoms with Gasteiger partial charge in [0.1, 0.15) is 11.5 Å². The van der Waals surface area contributed by atoms with E-state index in [1.54, 1.807) is 0 Å². The second kappa shape index (κ2) is 7.45. The van der Waals surface area contributed by atoms with E-state index < -0.39 is 13.2 Å². The minimum atomic E-state index is -3.01. The zero-order valence-electron chi connectivity index (χ0n) is 9.21. The fourth-order valence-electron chi connectivity index (χ4n) is 1.45. The molecular formula is C11H11BrF4O2. The molecule has 0 unspecified atom stereocenters. The van der Waals surface area contributed by atoms with Crippen molar-refractivity contribution in [1.82, 2.24) is 0 Å². The highest BCUT2D eigenvalue weighted by Gasteiger charge is 2.16. The lowest BCUT2D eigenvalue weighted by Crippen LogP contribution is -2.09. The fraction of sp³-hybridized carbons (Fsp3) is 0.455. The Bertz CT molecular complexity index is 346. The van der Waals surface area contributed by atoms with Gasteiger partial charge in [0.05, 0.1) is 0 Å². The molecule has 0 aromatic heterocycles. The summed E-state index contributed by atoms with van der Waals surface area (Å²) < 4.78 is 57.4. The monoisotopic (exact) mass is 330 g/mol. The molecule has 102 valence electrons. The maximum Gasteiger partial charge on any atom is 0.387 e. The molecule has 0 aliphatic rings. The van der Waals surface area contributed by atoms with Crippen molar-refractivity contribution in [1.29, 1.82) is 0 Å². The first-order valence-corrected chi connectivity index (χ1v) is 6.24. The Hall–Kier alpha value is -0.980. The van der Waals surface area contributed by atoms with Crippen molar-refractivity contribution in [2.45, 2.75) is 26.1 Å². The van der Waals surface area contributed by atoms with Crippen molar-refractivity contribution in [3.8, 4) is 11.5 Å². The van der Waals surface area contributed by atoms with Gasteiger partial charge in [-0.3, -0.25) is 0 Å². The van der Waals surface area contributed by atoms with E-state index in [0.29, 0.717) is 18.2 Å². The van der Waals surface area contributed by atoms with E-state index in [1.165, 1.54) is 18.2 Å². The summed E-state index contributed by atoms with van der Waals surface area (Å²) in [4.78, 5) is 0. The SMILES string of the molecule is FC(F)Oc1cccc(OC(F)F)c1CCCBr. The molecule has 18 heavy (non-hydrogen) atoms. The molecule has 0 fully saturated rings. The smallest absolute Gasteiger partial charge is 0.387 e. The molecule has 0 heterocycles. The molecule has 0 saturated heterocycles. The predicted molar refractivity (Wildman–Crippen MR) is 61.8 cm³/mol. The van der Waals surface area contributed by atoms with Crippen molar-refractivity contribution in [2.24, 2.45) is 0 Å². The van der Waals surface area contributed by atoms with Crippen LogP contribution in [-0.2, 0) is 6.42 Å². The molecule has 7 heteroatoms. The van der Waals surface area contributed by atoms with Gasteiger partial charge < -0.3 is 9.47 Å². The van der Waals surface area contributed by atoms with Gasteiger partial charge in [-0.2, -0.15) is 17.6 Å². The van der Waals surface area contributed by atoms with Gasteiger partial charge in [-0.05, 0) is 25.0 Å². The van der Waals surface area contributed by atoms with Crippen molar-refractivity contribution in [2.75, 3.05) is 5.33 Å². The van der Waals surface area contributed by atoms with Crippen LogP contribution in [0.2, 0.25) is 0 Å². The molecule has 0 amide bonds. The van der Waals surface area contributed by atoms with Crippen LogP contribution in [0.5, 0.6) is 11.5 Å². The first kappa shape index (κ1) is 15.1. The first-order chi connectivity index (χ1) is 8.54. The van der Waals surface area contributed by atoms with Gasteiger partial charge in [-0.25, -0.2) is 0 Å². The third-order valence-corrected chi connectivity index (χ3v) is 2.64. The Balaban J connectivity index is 3.00. The van der Waals surface area contributed by atoms with E-state index in [9.17, 15) is 17.6 Å². The molecule has 1 aromatic carbocycles. The van der Waals surface area contributed by atoms with Crippen LogP contribution in [-0.4, -0.2) is 18.6 Å². The van der Waals surface area contributed by atoms with E-state index >= 15 is 0 Å². The Morgan fingerprint density at radius 2 is 1.50 bits per heavy atom. The molecule has 0 atom stereocenters. The van der Waals surface area contributed by atoms with Gasteiger partial charge in [0.2, 0.25) is 0 Å². The highest BCUT2D eigenvalue weighted by Crippen LogP contribution is 2.32. The number of ether oxygens (including phenoxy) is 2. The van der Waals surface area contributed by atoms with Crippen molar-refractivity contribution < 1.29 is 27.0 Å². The highest BCUT2D eigenvalue weighted by atomic mass is 79.9. The molecule has 1 aromatic rings. The third kappa shape index (κ3) is 4.72. The van der Waals surface area contributed by atoms with Gasteiger partial charge in [0.25, 0.3) is 0 Å². The molecule has 0 aliphatic carbocycles. The lowest BCUT2D eigenvalue weighted by Gasteiger charge is -2.15. The molecule has 2 nitrogen and oxygen atoms in total. The zero-order chi connectivity index (χ0) is 13.5. The van der Waals surface area contributed by atoms with E-state index in [1.807, 2.05) is 0 Å². The molecule has 0 bridgehead atoms. The second-order valence-corrected chi connectivity index (χ2v) is 4.08. The van der Waals surface area contributed by atoms with Crippen molar-refractivity contribution in [3.05, 3.63) is 23.8 Å². The van der Waals surface area contributed by atoms with Crippen LogP contribution >= 0.6 is 15.9 Å². The van der Waals surface area contributed by atoms with Gasteiger partial charge >= 0.3 is 13.2 Å². The van der Waals surface area contributed by atoms with Crippen molar-refractivity contribution in [3.63, 3.8) is 0 Å². The van der Waals surface area contributed by atoms with Gasteiger partial charge in [-0.15, -0.1) is 0 Å². The van der Waals surface area contributed by atoms with E-state index in [2.05, 4.69) is 25.4 Å². The number of alkyl halides is 5. The minimum absolute atomic E-state index is 0.135. The third-order valence-electron chi connectivity index (χ3n) is 2.08. The normalized spacial score (nSPS) is 11.1.